The molecule has 4 rings (SSSR count). The van der Waals surface area contributed by atoms with E-state index in [1.807, 2.05) is 91.8 Å². The highest BCUT2D eigenvalue weighted by atomic mass is 16.6. The Morgan fingerprint density at radius 2 is 1.73 bits per heavy atom. The van der Waals surface area contributed by atoms with Gasteiger partial charge in [0, 0.05) is 25.2 Å². The third-order valence-corrected chi connectivity index (χ3v) is 5.66. The molecule has 3 aromatic rings. The molecule has 1 saturated heterocycles. The molecule has 1 N–H and O–H groups in total. The van der Waals surface area contributed by atoms with Gasteiger partial charge in [0.2, 0.25) is 0 Å². The summed E-state index contributed by atoms with van der Waals surface area (Å²) >= 11 is 0. The van der Waals surface area contributed by atoms with Crippen molar-refractivity contribution in [2.45, 2.75) is 12.6 Å². The smallest absolute Gasteiger partial charge is 0.410 e. The molecular formula is C27H29N3O3. The van der Waals surface area contributed by atoms with E-state index in [-0.39, 0.29) is 18.1 Å². The molecule has 6 nitrogen and oxygen atoms in total. The highest BCUT2D eigenvalue weighted by molar-refractivity contribution is 5.95. The summed E-state index contributed by atoms with van der Waals surface area (Å²) in [5, 5.41) is 2.95. The predicted molar refractivity (Wildman–Crippen MR) is 129 cm³/mol. The Morgan fingerprint density at radius 3 is 2.48 bits per heavy atom. The van der Waals surface area contributed by atoms with Crippen LogP contribution in [0.4, 0.5) is 4.79 Å². The van der Waals surface area contributed by atoms with Crippen LogP contribution in [0.2, 0.25) is 0 Å². The Balaban J connectivity index is 1.44. The van der Waals surface area contributed by atoms with Crippen molar-refractivity contribution < 1.29 is 14.3 Å². The molecule has 0 spiro atoms. The van der Waals surface area contributed by atoms with Crippen LogP contribution in [0.25, 0.3) is 11.1 Å². The van der Waals surface area contributed by atoms with Crippen LogP contribution in [-0.2, 0) is 11.3 Å². The Labute approximate surface area is 194 Å². The average Bonchev–Trinajstić information content (AvgIpc) is 3.19. The van der Waals surface area contributed by atoms with Crippen LogP contribution < -0.4 is 5.32 Å². The number of hydrogen-bond donors (Lipinski definition) is 1. The SMILES string of the molecule is CN(C)CCNC(=O)c1cccc(-c2cccc(CN3C[C@@H](c4ccccc4)OC3=O)c2)c1. The summed E-state index contributed by atoms with van der Waals surface area (Å²) in [7, 11) is 3.95. The van der Waals surface area contributed by atoms with Gasteiger partial charge in [0.15, 0.2) is 0 Å². The second-order valence-corrected chi connectivity index (χ2v) is 8.50. The molecule has 170 valence electrons. The molecule has 1 heterocycles. The number of carbonyl (C=O) groups excluding carboxylic acids is 2. The molecule has 0 radical (unpaired) electrons. The number of nitrogens with zero attached hydrogens (tertiary/aromatic N) is 2. The molecule has 0 unspecified atom stereocenters. The highest BCUT2D eigenvalue weighted by Crippen LogP contribution is 2.28. The van der Waals surface area contributed by atoms with Crippen molar-refractivity contribution in [3.05, 3.63) is 95.6 Å². The molecule has 1 atom stereocenters. The van der Waals surface area contributed by atoms with Crippen molar-refractivity contribution in [1.29, 1.82) is 0 Å². The number of hydrogen-bond acceptors (Lipinski definition) is 4. The second kappa shape index (κ2) is 10.3. The lowest BCUT2D eigenvalue weighted by atomic mass is 10.0. The van der Waals surface area contributed by atoms with Gasteiger partial charge in [-0.1, -0.05) is 60.7 Å². The minimum Gasteiger partial charge on any atom is -0.439 e. The fourth-order valence-corrected chi connectivity index (χ4v) is 3.88. The minimum absolute atomic E-state index is 0.0818. The van der Waals surface area contributed by atoms with Crippen LogP contribution in [0.3, 0.4) is 0 Å². The van der Waals surface area contributed by atoms with Gasteiger partial charge in [0.05, 0.1) is 6.54 Å². The summed E-state index contributed by atoms with van der Waals surface area (Å²) < 4.78 is 5.58. The first-order valence-electron chi connectivity index (χ1n) is 11.1. The molecular weight excluding hydrogens is 414 g/mol. The van der Waals surface area contributed by atoms with Crippen molar-refractivity contribution in [2.24, 2.45) is 0 Å². The maximum absolute atomic E-state index is 12.5. The van der Waals surface area contributed by atoms with Gasteiger partial charge in [0.25, 0.3) is 5.91 Å². The van der Waals surface area contributed by atoms with Crippen molar-refractivity contribution in [3.63, 3.8) is 0 Å². The molecule has 1 aliphatic heterocycles. The van der Waals surface area contributed by atoms with E-state index in [2.05, 4.69) is 11.4 Å². The molecule has 0 bridgehead atoms. The lowest BCUT2D eigenvalue weighted by molar-refractivity contribution is 0.0951. The van der Waals surface area contributed by atoms with Gasteiger partial charge in [-0.2, -0.15) is 0 Å². The predicted octanol–water partition coefficient (Wildman–Crippen LogP) is 4.34. The summed E-state index contributed by atoms with van der Waals surface area (Å²) in [4.78, 5) is 28.7. The van der Waals surface area contributed by atoms with E-state index in [0.29, 0.717) is 25.2 Å². The van der Waals surface area contributed by atoms with Gasteiger partial charge in [-0.3, -0.25) is 9.69 Å². The topological polar surface area (TPSA) is 61.9 Å². The van der Waals surface area contributed by atoms with E-state index in [1.165, 1.54) is 0 Å². The van der Waals surface area contributed by atoms with E-state index < -0.39 is 0 Å². The number of nitrogens with one attached hydrogen (secondary N) is 1. The van der Waals surface area contributed by atoms with Crippen molar-refractivity contribution in [3.8, 4) is 11.1 Å². The molecule has 0 aromatic heterocycles. The lowest BCUT2D eigenvalue weighted by Gasteiger charge is -2.14. The lowest BCUT2D eigenvalue weighted by Crippen LogP contribution is -2.31. The van der Waals surface area contributed by atoms with E-state index in [1.54, 1.807) is 4.90 Å². The molecule has 0 aliphatic carbocycles. The Bertz CT molecular complexity index is 1110. The van der Waals surface area contributed by atoms with Gasteiger partial charge in [-0.25, -0.2) is 4.79 Å². The Hall–Kier alpha value is -3.64. The fraction of sp³-hybridized carbons (Fsp3) is 0.259. The van der Waals surface area contributed by atoms with Crippen LogP contribution in [0, 0.1) is 0 Å². The second-order valence-electron chi connectivity index (χ2n) is 8.50. The molecule has 2 amide bonds. The maximum atomic E-state index is 12.5. The molecule has 1 fully saturated rings. The van der Waals surface area contributed by atoms with Crippen molar-refractivity contribution in [2.75, 3.05) is 33.7 Å². The largest absolute Gasteiger partial charge is 0.439 e. The summed E-state index contributed by atoms with van der Waals surface area (Å²) in [6.07, 6.45) is -0.546. The zero-order valence-electron chi connectivity index (χ0n) is 19.0. The van der Waals surface area contributed by atoms with Crippen LogP contribution >= 0.6 is 0 Å². The quantitative estimate of drug-likeness (QED) is 0.563. The summed E-state index contributed by atoms with van der Waals surface area (Å²) in [6.45, 7) is 2.38. The molecule has 33 heavy (non-hydrogen) atoms. The van der Waals surface area contributed by atoms with E-state index in [0.717, 1.165) is 28.8 Å². The Kier molecular flexibility index (Phi) is 7.05. The van der Waals surface area contributed by atoms with Crippen LogP contribution in [0.5, 0.6) is 0 Å². The first-order chi connectivity index (χ1) is 16.0. The zero-order valence-corrected chi connectivity index (χ0v) is 19.0. The molecule has 1 aliphatic rings. The number of amides is 2. The molecule has 0 saturated carbocycles. The number of cyclic esters (lactones) is 1. The first-order valence-corrected chi connectivity index (χ1v) is 11.1. The van der Waals surface area contributed by atoms with Gasteiger partial charge in [-0.15, -0.1) is 0 Å². The van der Waals surface area contributed by atoms with Gasteiger partial charge in [0.1, 0.15) is 6.10 Å². The first kappa shape index (κ1) is 22.6. The van der Waals surface area contributed by atoms with Crippen molar-refractivity contribution in [1.82, 2.24) is 15.1 Å². The van der Waals surface area contributed by atoms with Crippen LogP contribution in [0.1, 0.15) is 27.6 Å². The third kappa shape index (κ3) is 5.79. The van der Waals surface area contributed by atoms with E-state index >= 15 is 0 Å². The molecule has 3 aromatic carbocycles. The van der Waals surface area contributed by atoms with Crippen molar-refractivity contribution >= 4 is 12.0 Å². The number of rotatable bonds is 8. The average molecular weight is 444 g/mol. The van der Waals surface area contributed by atoms with E-state index in [9.17, 15) is 9.59 Å². The van der Waals surface area contributed by atoms with E-state index in [4.69, 9.17) is 4.74 Å². The van der Waals surface area contributed by atoms with Crippen LogP contribution in [-0.4, -0.2) is 55.5 Å². The standard InChI is InChI=1S/C27H29N3O3/c1-29(2)15-14-28-26(31)24-13-7-12-23(17-24)22-11-6-8-20(16-22)18-30-19-25(33-27(30)32)21-9-4-3-5-10-21/h3-13,16-17,25H,14-15,18-19H2,1-2H3,(H,28,31)/t25-/m0/s1. The summed E-state index contributed by atoms with van der Waals surface area (Å²) in [5.74, 6) is -0.0818. The monoisotopic (exact) mass is 443 g/mol. The fourth-order valence-electron chi connectivity index (χ4n) is 3.88. The number of benzene rings is 3. The minimum atomic E-state index is -0.300. The normalized spacial score (nSPS) is 15.5. The molecule has 6 heteroatoms. The zero-order chi connectivity index (χ0) is 23.2. The third-order valence-electron chi connectivity index (χ3n) is 5.66. The maximum Gasteiger partial charge on any atom is 0.410 e. The summed E-state index contributed by atoms with van der Waals surface area (Å²) in [6, 6.07) is 25.5. The Morgan fingerprint density at radius 1 is 1.00 bits per heavy atom. The van der Waals surface area contributed by atoms with Crippen LogP contribution in [0.15, 0.2) is 78.9 Å². The number of carbonyl (C=O) groups is 2. The number of ether oxygens (including phenoxy) is 1. The summed E-state index contributed by atoms with van der Waals surface area (Å²) in [5.41, 5.74) is 4.61. The highest BCUT2D eigenvalue weighted by Gasteiger charge is 2.32. The van der Waals surface area contributed by atoms with Gasteiger partial charge in [-0.05, 0) is 54.5 Å². The number of likely N-dealkylation sites (N-methyl/N-ethyl adjacent to an activating group) is 1. The van der Waals surface area contributed by atoms with Gasteiger partial charge < -0.3 is 15.0 Å². The van der Waals surface area contributed by atoms with Gasteiger partial charge >= 0.3 is 6.09 Å².